The lowest BCUT2D eigenvalue weighted by Crippen LogP contribution is -2.38. The van der Waals surface area contributed by atoms with E-state index >= 15 is 0 Å². The second-order valence-electron chi connectivity index (χ2n) is 3.34. The van der Waals surface area contributed by atoms with Gasteiger partial charge in [-0.25, -0.2) is 9.36 Å². The van der Waals surface area contributed by atoms with Crippen molar-refractivity contribution in [3.05, 3.63) is 43.5 Å². The Hall–Kier alpha value is -1.40. The summed E-state index contributed by atoms with van der Waals surface area (Å²) in [6.45, 7) is 0.186. The Morgan fingerprint density at radius 1 is 1.44 bits per heavy atom. The normalized spacial score (nSPS) is 10.9. The number of hydrogen-bond donors (Lipinski definition) is 2. The van der Waals surface area contributed by atoms with E-state index in [1.54, 1.807) is 25.2 Å². The van der Waals surface area contributed by atoms with Gasteiger partial charge in [0.2, 0.25) is 0 Å². The fourth-order valence-corrected chi connectivity index (χ4v) is 2.09. The summed E-state index contributed by atoms with van der Waals surface area (Å²) in [5.74, 6) is 0. The summed E-state index contributed by atoms with van der Waals surface area (Å²) in [6.07, 6.45) is 0. The van der Waals surface area contributed by atoms with E-state index in [9.17, 15) is 9.59 Å². The zero-order chi connectivity index (χ0) is 11.7. The van der Waals surface area contributed by atoms with Crippen LogP contribution in [0.1, 0.15) is 0 Å². The minimum absolute atomic E-state index is 0.186. The maximum absolute atomic E-state index is 12.0. The van der Waals surface area contributed by atoms with Crippen LogP contribution >= 0.6 is 15.9 Å². The van der Waals surface area contributed by atoms with E-state index in [1.807, 2.05) is 0 Å². The predicted octanol–water partition coefficient (Wildman–Crippen LogP) is 0.629. The molecule has 16 heavy (non-hydrogen) atoms. The van der Waals surface area contributed by atoms with Crippen molar-refractivity contribution in [3.63, 3.8) is 0 Å². The lowest BCUT2D eigenvalue weighted by Gasteiger charge is -2.06. The number of aromatic amines is 1. The highest BCUT2D eigenvalue weighted by atomic mass is 79.9. The smallest absolute Gasteiger partial charge is 0.307 e. The van der Waals surface area contributed by atoms with Gasteiger partial charge >= 0.3 is 5.69 Å². The largest absolute Gasteiger partial charge is 0.329 e. The van der Waals surface area contributed by atoms with Crippen LogP contribution in [0.5, 0.6) is 0 Å². The Bertz CT molecular complexity index is 645. The molecule has 0 saturated carbocycles. The average molecular weight is 284 g/mol. The topological polar surface area (TPSA) is 66.9 Å². The van der Waals surface area contributed by atoms with Crippen molar-refractivity contribution < 1.29 is 0 Å². The lowest BCUT2D eigenvalue weighted by atomic mass is 10.2. The van der Waals surface area contributed by atoms with Crippen molar-refractivity contribution >= 4 is 26.8 Å². The summed E-state index contributed by atoms with van der Waals surface area (Å²) in [5.41, 5.74) is -0.178. The van der Waals surface area contributed by atoms with Crippen LogP contribution in [-0.4, -0.2) is 16.6 Å². The van der Waals surface area contributed by atoms with Gasteiger partial charge in [-0.3, -0.25) is 4.79 Å². The van der Waals surface area contributed by atoms with Crippen LogP contribution in [0.4, 0.5) is 0 Å². The van der Waals surface area contributed by atoms with Gasteiger partial charge in [0.05, 0.1) is 17.6 Å². The summed E-state index contributed by atoms with van der Waals surface area (Å²) < 4.78 is 1.80. The molecule has 1 heterocycles. The number of benzene rings is 1. The quantitative estimate of drug-likeness (QED) is 0.850. The molecule has 5 nitrogen and oxygen atoms in total. The van der Waals surface area contributed by atoms with Crippen molar-refractivity contribution in [2.24, 2.45) is 0 Å². The molecule has 0 amide bonds. The Balaban J connectivity index is 2.92. The Morgan fingerprint density at radius 2 is 2.19 bits per heavy atom. The summed E-state index contributed by atoms with van der Waals surface area (Å²) >= 11 is 3.30. The SMILES string of the molecule is CNCn1c(=O)[nH]c2cccc(Br)c2c1=O. The van der Waals surface area contributed by atoms with Crippen LogP contribution in [0.25, 0.3) is 10.9 Å². The zero-order valence-corrected chi connectivity index (χ0v) is 10.2. The molecule has 0 spiro atoms. The number of nitrogens with one attached hydrogen (secondary N) is 2. The number of aromatic nitrogens is 2. The first-order valence-electron chi connectivity index (χ1n) is 4.71. The molecule has 0 bridgehead atoms. The van der Waals surface area contributed by atoms with Crippen LogP contribution in [0, 0.1) is 0 Å². The van der Waals surface area contributed by atoms with Crippen LogP contribution < -0.4 is 16.6 Å². The van der Waals surface area contributed by atoms with E-state index < -0.39 is 5.69 Å². The maximum Gasteiger partial charge on any atom is 0.329 e. The summed E-state index contributed by atoms with van der Waals surface area (Å²) in [5, 5.41) is 3.26. The van der Waals surface area contributed by atoms with E-state index in [0.717, 1.165) is 4.57 Å². The molecular weight excluding hydrogens is 274 g/mol. The molecule has 84 valence electrons. The van der Waals surface area contributed by atoms with Crippen molar-refractivity contribution in [2.45, 2.75) is 6.67 Å². The van der Waals surface area contributed by atoms with Gasteiger partial charge in [-0.05, 0) is 35.1 Å². The molecule has 0 fully saturated rings. The number of nitrogens with zero attached hydrogens (tertiary/aromatic N) is 1. The highest BCUT2D eigenvalue weighted by Crippen LogP contribution is 2.17. The van der Waals surface area contributed by atoms with E-state index in [0.29, 0.717) is 15.4 Å². The molecule has 0 radical (unpaired) electrons. The third-order valence-corrected chi connectivity index (χ3v) is 2.94. The molecule has 0 atom stereocenters. The van der Waals surface area contributed by atoms with Crippen molar-refractivity contribution in [1.82, 2.24) is 14.9 Å². The number of fused-ring (bicyclic) bond motifs is 1. The number of H-pyrrole nitrogens is 1. The van der Waals surface area contributed by atoms with E-state index in [-0.39, 0.29) is 12.2 Å². The molecule has 1 aromatic carbocycles. The first-order valence-corrected chi connectivity index (χ1v) is 5.50. The monoisotopic (exact) mass is 283 g/mol. The molecule has 0 aliphatic carbocycles. The van der Waals surface area contributed by atoms with Gasteiger partial charge in [0.1, 0.15) is 0 Å². The van der Waals surface area contributed by atoms with Gasteiger partial charge in [0, 0.05) is 4.47 Å². The van der Waals surface area contributed by atoms with Crippen molar-refractivity contribution in [3.8, 4) is 0 Å². The standard InChI is InChI=1S/C10H10BrN3O2/c1-12-5-14-9(15)8-6(11)3-2-4-7(8)13-10(14)16/h2-4,12H,5H2,1H3,(H,13,16). The minimum Gasteiger partial charge on any atom is -0.307 e. The molecule has 0 aliphatic heterocycles. The summed E-state index contributed by atoms with van der Waals surface area (Å²) in [7, 11) is 1.68. The van der Waals surface area contributed by atoms with Gasteiger partial charge in [0.15, 0.2) is 0 Å². The highest BCUT2D eigenvalue weighted by molar-refractivity contribution is 9.10. The predicted molar refractivity (Wildman–Crippen MR) is 65.6 cm³/mol. The van der Waals surface area contributed by atoms with Gasteiger partial charge in [0.25, 0.3) is 5.56 Å². The molecule has 0 unspecified atom stereocenters. The molecule has 2 aromatic rings. The van der Waals surface area contributed by atoms with Gasteiger partial charge in [-0.1, -0.05) is 6.07 Å². The molecular formula is C10H10BrN3O2. The van der Waals surface area contributed by atoms with Crippen LogP contribution in [0.3, 0.4) is 0 Å². The third kappa shape index (κ3) is 1.70. The number of rotatable bonds is 2. The molecule has 0 saturated heterocycles. The lowest BCUT2D eigenvalue weighted by molar-refractivity contribution is 0.573. The average Bonchev–Trinajstić information content (AvgIpc) is 2.24. The second kappa shape index (κ2) is 4.23. The van der Waals surface area contributed by atoms with Crippen molar-refractivity contribution in [1.29, 1.82) is 0 Å². The number of hydrogen-bond acceptors (Lipinski definition) is 3. The van der Waals surface area contributed by atoms with E-state index in [2.05, 4.69) is 26.2 Å². The fourth-order valence-electron chi connectivity index (χ4n) is 1.56. The van der Waals surface area contributed by atoms with Gasteiger partial charge < -0.3 is 10.3 Å². The molecule has 2 rings (SSSR count). The molecule has 2 N–H and O–H groups in total. The van der Waals surface area contributed by atoms with Crippen LogP contribution in [-0.2, 0) is 6.67 Å². The zero-order valence-electron chi connectivity index (χ0n) is 8.58. The van der Waals surface area contributed by atoms with Crippen LogP contribution in [0.2, 0.25) is 0 Å². The van der Waals surface area contributed by atoms with E-state index in [1.165, 1.54) is 0 Å². The van der Waals surface area contributed by atoms with Gasteiger partial charge in [-0.15, -0.1) is 0 Å². The first kappa shape index (κ1) is 11.1. The third-order valence-electron chi connectivity index (χ3n) is 2.28. The van der Waals surface area contributed by atoms with Crippen LogP contribution in [0.15, 0.2) is 32.3 Å². The highest BCUT2D eigenvalue weighted by Gasteiger charge is 2.08. The van der Waals surface area contributed by atoms with E-state index in [4.69, 9.17) is 0 Å². The fraction of sp³-hybridized carbons (Fsp3) is 0.200. The molecule has 0 aliphatic rings. The first-order chi connectivity index (χ1) is 7.65. The maximum atomic E-state index is 12.0. The Labute approximate surface area is 99.2 Å². The van der Waals surface area contributed by atoms with Gasteiger partial charge in [-0.2, -0.15) is 0 Å². The second-order valence-corrected chi connectivity index (χ2v) is 4.19. The molecule has 1 aromatic heterocycles. The summed E-state index contributed by atoms with van der Waals surface area (Å²) in [6, 6.07) is 5.24. The number of halogens is 1. The Morgan fingerprint density at radius 3 is 2.88 bits per heavy atom. The summed E-state index contributed by atoms with van der Waals surface area (Å²) in [4.78, 5) is 26.3. The molecule has 6 heteroatoms. The van der Waals surface area contributed by atoms with Crippen molar-refractivity contribution in [2.75, 3.05) is 7.05 Å². The Kier molecular flexibility index (Phi) is 2.93. The minimum atomic E-state index is -0.412.